The maximum absolute atomic E-state index is 11.7. The van der Waals surface area contributed by atoms with Gasteiger partial charge in [0, 0.05) is 12.6 Å². The number of rotatable bonds is 11. The molecule has 0 spiro atoms. The average molecular weight is 306 g/mol. The van der Waals surface area contributed by atoms with Gasteiger partial charge in [-0.3, -0.25) is 9.59 Å². The molecule has 0 saturated carbocycles. The molecule has 0 saturated heterocycles. The highest BCUT2D eigenvalue weighted by Gasteiger charge is 2.11. The molecule has 122 valence electrons. The van der Waals surface area contributed by atoms with Crippen LogP contribution in [0.15, 0.2) is 18.3 Å². The lowest BCUT2D eigenvalue weighted by atomic mass is 10.1. The van der Waals surface area contributed by atoms with Crippen molar-refractivity contribution in [3.8, 4) is 5.75 Å². The summed E-state index contributed by atoms with van der Waals surface area (Å²) in [5.74, 6) is -0.505. The van der Waals surface area contributed by atoms with Crippen LogP contribution in [0.25, 0.3) is 0 Å². The predicted octanol–water partition coefficient (Wildman–Crippen LogP) is 3.83. The van der Waals surface area contributed by atoms with E-state index in [1.54, 1.807) is 6.07 Å². The van der Waals surface area contributed by atoms with E-state index in [0.29, 0.717) is 6.42 Å². The molecule has 1 aromatic heterocycles. The van der Waals surface area contributed by atoms with Gasteiger partial charge in [-0.25, -0.2) is 4.98 Å². The largest absolute Gasteiger partial charge is 0.504 e. The molecule has 1 amide bonds. The Morgan fingerprint density at radius 1 is 1.14 bits per heavy atom. The second-order valence-electron chi connectivity index (χ2n) is 5.51. The third-order valence-corrected chi connectivity index (χ3v) is 3.46. The summed E-state index contributed by atoms with van der Waals surface area (Å²) in [4.78, 5) is 27.3. The lowest BCUT2D eigenvalue weighted by Crippen LogP contribution is -2.17. The van der Waals surface area contributed by atoms with Crippen LogP contribution < -0.4 is 5.32 Å². The molecule has 22 heavy (non-hydrogen) atoms. The topological polar surface area (TPSA) is 79.3 Å². The van der Waals surface area contributed by atoms with Gasteiger partial charge in [0.1, 0.15) is 5.78 Å². The third-order valence-electron chi connectivity index (χ3n) is 3.46. The minimum atomic E-state index is -0.429. The van der Waals surface area contributed by atoms with Gasteiger partial charge in [0.2, 0.25) is 5.91 Å². The number of unbranched alkanes of at least 4 members (excludes halogenated alkanes) is 6. The Labute approximate surface area is 132 Å². The molecule has 0 aliphatic rings. The van der Waals surface area contributed by atoms with Crippen LogP contribution >= 0.6 is 0 Å². The summed E-state index contributed by atoms with van der Waals surface area (Å²) >= 11 is 0. The van der Waals surface area contributed by atoms with Crippen molar-refractivity contribution in [2.75, 3.05) is 5.32 Å². The summed E-state index contributed by atoms with van der Waals surface area (Å²) < 4.78 is 0. The minimum Gasteiger partial charge on any atom is -0.504 e. The maximum atomic E-state index is 11.7. The Balaban J connectivity index is 2.14. The molecular formula is C17H26N2O3. The van der Waals surface area contributed by atoms with Gasteiger partial charge < -0.3 is 10.4 Å². The number of carbonyl (C=O) groups is 2. The first-order valence-electron chi connectivity index (χ1n) is 8.09. The van der Waals surface area contributed by atoms with Gasteiger partial charge in [-0.1, -0.05) is 45.4 Å². The number of carbonyl (C=O) groups excluding carboxylic acids is 2. The number of ketones is 1. The summed E-state index contributed by atoms with van der Waals surface area (Å²) in [6.45, 7) is 2.19. The van der Waals surface area contributed by atoms with E-state index in [1.165, 1.54) is 37.9 Å². The highest BCUT2D eigenvalue weighted by Crippen LogP contribution is 2.18. The Bertz CT molecular complexity index is 475. The summed E-state index contributed by atoms with van der Waals surface area (Å²) in [7, 11) is 0. The van der Waals surface area contributed by atoms with Crippen molar-refractivity contribution in [2.24, 2.45) is 0 Å². The minimum absolute atomic E-state index is 0.0681. The monoisotopic (exact) mass is 306 g/mol. The molecule has 0 unspecified atom stereocenters. The molecule has 1 aromatic rings. The smallest absolute Gasteiger partial charge is 0.233 e. The number of anilines is 1. The van der Waals surface area contributed by atoms with E-state index in [-0.39, 0.29) is 23.8 Å². The Morgan fingerprint density at radius 3 is 2.50 bits per heavy atom. The maximum Gasteiger partial charge on any atom is 0.233 e. The number of hydrogen-bond donors (Lipinski definition) is 2. The van der Waals surface area contributed by atoms with E-state index in [9.17, 15) is 14.7 Å². The summed E-state index contributed by atoms with van der Waals surface area (Å²) in [5.41, 5.74) is 0. The van der Waals surface area contributed by atoms with Crippen molar-refractivity contribution >= 4 is 17.5 Å². The lowest BCUT2D eigenvalue weighted by Gasteiger charge is -2.05. The van der Waals surface area contributed by atoms with Crippen LogP contribution in [0.4, 0.5) is 5.82 Å². The average Bonchev–Trinajstić information content (AvgIpc) is 2.48. The fraction of sp³-hybridized carbons (Fsp3) is 0.588. The fourth-order valence-corrected chi connectivity index (χ4v) is 2.22. The Kier molecular flexibility index (Phi) is 8.88. The molecular weight excluding hydrogens is 280 g/mol. The number of amides is 1. The summed E-state index contributed by atoms with van der Waals surface area (Å²) in [5, 5.41) is 11.9. The van der Waals surface area contributed by atoms with E-state index >= 15 is 0 Å². The van der Waals surface area contributed by atoms with Crippen LogP contribution in [0.2, 0.25) is 0 Å². The van der Waals surface area contributed by atoms with Gasteiger partial charge >= 0.3 is 0 Å². The molecule has 1 rings (SSSR count). The zero-order valence-electron chi connectivity index (χ0n) is 13.3. The molecule has 0 aromatic carbocycles. The van der Waals surface area contributed by atoms with E-state index in [1.807, 2.05) is 0 Å². The van der Waals surface area contributed by atoms with E-state index in [0.717, 1.165) is 19.3 Å². The van der Waals surface area contributed by atoms with Crippen molar-refractivity contribution in [3.63, 3.8) is 0 Å². The first kappa shape index (κ1) is 18.1. The summed E-state index contributed by atoms with van der Waals surface area (Å²) in [6.07, 6.45) is 9.78. The molecule has 0 fully saturated rings. The predicted molar refractivity (Wildman–Crippen MR) is 86.8 cm³/mol. The number of Topliss-reactive ketones (excluding diaryl/α,β-unsaturated/α-hetero) is 1. The normalized spacial score (nSPS) is 10.4. The van der Waals surface area contributed by atoms with Gasteiger partial charge in [-0.15, -0.1) is 0 Å². The van der Waals surface area contributed by atoms with Crippen molar-refractivity contribution < 1.29 is 14.7 Å². The lowest BCUT2D eigenvalue weighted by molar-refractivity contribution is -0.125. The quantitative estimate of drug-likeness (QED) is 0.481. The molecule has 0 aliphatic heterocycles. The SMILES string of the molecule is CCCCCCCCCC(=O)CC(=O)Nc1ncccc1O. The highest BCUT2D eigenvalue weighted by atomic mass is 16.3. The van der Waals surface area contributed by atoms with Crippen molar-refractivity contribution in [3.05, 3.63) is 18.3 Å². The first-order chi connectivity index (χ1) is 10.6. The number of pyridine rings is 1. The molecule has 0 aliphatic carbocycles. The van der Waals surface area contributed by atoms with Gasteiger partial charge in [0.15, 0.2) is 11.6 Å². The standard InChI is InChI=1S/C17H26N2O3/c1-2-3-4-5-6-7-8-10-14(20)13-16(22)19-17-15(21)11-9-12-18-17/h9,11-12,21H,2-8,10,13H2,1H3,(H,18,19,22). The fourth-order valence-electron chi connectivity index (χ4n) is 2.22. The van der Waals surface area contributed by atoms with Crippen LogP contribution in [0, 0.1) is 0 Å². The van der Waals surface area contributed by atoms with Crippen LogP contribution in [0.3, 0.4) is 0 Å². The molecule has 5 nitrogen and oxygen atoms in total. The van der Waals surface area contributed by atoms with Crippen LogP contribution in [0.5, 0.6) is 5.75 Å². The molecule has 0 radical (unpaired) electrons. The number of nitrogens with one attached hydrogen (secondary N) is 1. The number of hydrogen-bond acceptors (Lipinski definition) is 4. The van der Waals surface area contributed by atoms with Crippen molar-refractivity contribution in [1.29, 1.82) is 0 Å². The molecule has 2 N–H and O–H groups in total. The second kappa shape index (κ2) is 10.8. The Hall–Kier alpha value is -1.91. The molecule has 0 atom stereocenters. The third kappa shape index (κ3) is 7.76. The second-order valence-corrected chi connectivity index (χ2v) is 5.51. The number of aromatic nitrogens is 1. The molecule has 1 heterocycles. The van der Waals surface area contributed by atoms with Gasteiger partial charge in [0.25, 0.3) is 0 Å². The zero-order chi connectivity index (χ0) is 16.2. The Morgan fingerprint density at radius 2 is 1.82 bits per heavy atom. The molecule has 0 bridgehead atoms. The van der Waals surface area contributed by atoms with Gasteiger partial charge in [0.05, 0.1) is 6.42 Å². The van der Waals surface area contributed by atoms with Crippen molar-refractivity contribution in [1.82, 2.24) is 4.98 Å². The van der Waals surface area contributed by atoms with Crippen molar-refractivity contribution in [2.45, 2.75) is 64.7 Å². The highest BCUT2D eigenvalue weighted by molar-refractivity contribution is 6.04. The molecule has 5 heteroatoms. The van der Waals surface area contributed by atoms with Crippen LogP contribution in [-0.4, -0.2) is 21.8 Å². The number of aromatic hydroxyl groups is 1. The van der Waals surface area contributed by atoms with Crippen LogP contribution in [0.1, 0.15) is 64.7 Å². The first-order valence-corrected chi connectivity index (χ1v) is 8.09. The van der Waals surface area contributed by atoms with E-state index in [2.05, 4.69) is 17.2 Å². The summed E-state index contributed by atoms with van der Waals surface area (Å²) in [6, 6.07) is 3.00. The number of nitrogens with zero attached hydrogens (tertiary/aromatic N) is 1. The van der Waals surface area contributed by atoms with E-state index < -0.39 is 5.91 Å². The van der Waals surface area contributed by atoms with Gasteiger partial charge in [-0.05, 0) is 18.6 Å². The zero-order valence-corrected chi connectivity index (χ0v) is 13.3. The van der Waals surface area contributed by atoms with E-state index in [4.69, 9.17) is 0 Å². The van der Waals surface area contributed by atoms with Crippen LogP contribution in [-0.2, 0) is 9.59 Å². The van der Waals surface area contributed by atoms with Gasteiger partial charge in [-0.2, -0.15) is 0 Å².